The molecule has 23 heavy (non-hydrogen) atoms. The van der Waals surface area contributed by atoms with Gasteiger partial charge in [0.25, 0.3) is 0 Å². The maximum Gasteiger partial charge on any atom is 0.144 e. The van der Waals surface area contributed by atoms with Gasteiger partial charge < -0.3 is 4.74 Å². The van der Waals surface area contributed by atoms with Crippen molar-refractivity contribution in [2.24, 2.45) is 0 Å². The van der Waals surface area contributed by atoms with Gasteiger partial charge in [0, 0.05) is 5.56 Å². The van der Waals surface area contributed by atoms with E-state index in [1.165, 1.54) is 29.8 Å². The molecular weight excluding hydrogens is 360 g/mol. The molecule has 1 aromatic carbocycles. The van der Waals surface area contributed by atoms with Crippen LogP contribution in [0.1, 0.15) is 17.2 Å². The number of rotatable bonds is 4. The van der Waals surface area contributed by atoms with Crippen molar-refractivity contribution in [3.8, 4) is 0 Å². The summed E-state index contributed by atoms with van der Waals surface area (Å²) in [7, 11) is 0. The molecule has 118 valence electrons. The van der Waals surface area contributed by atoms with E-state index in [-0.39, 0.29) is 11.9 Å². The minimum Gasteiger partial charge on any atom is -0.354 e. The minimum atomic E-state index is -0.657. The topological polar surface area (TPSA) is 43.2 Å². The summed E-state index contributed by atoms with van der Waals surface area (Å²) >= 11 is 13.6. The molecule has 1 saturated heterocycles. The molecule has 1 aliphatic heterocycles. The Morgan fingerprint density at radius 1 is 1.30 bits per heavy atom. The first-order valence-corrected chi connectivity index (χ1v) is 8.37. The van der Waals surface area contributed by atoms with E-state index < -0.39 is 5.60 Å². The molecule has 1 aliphatic rings. The summed E-state index contributed by atoms with van der Waals surface area (Å²) in [4.78, 5) is 3.95. The second-order valence-electron chi connectivity index (χ2n) is 5.27. The molecule has 0 radical (unpaired) electrons. The highest BCUT2D eigenvalue weighted by Gasteiger charge is 2.60. The summed E-state index contributed by atoms with van der Waals surface area (Å²) < 4.78 is 22.2. The van der Waals surface area contributed by atoms with Gasteiger partial charge in [-0.1, -0.05) is 35.3 Å². The highest BCUT2D eigenvalue weighted by molar-refractivity contribution is 7.20. The van der Waals surface area contributed by atoms with Gasteiger partial charge in [-0.2, -0.15) is 5.10 Å². The van der Waals surface area contributed by atoms with E-state index in [9.17, 15) is 4.39 Å². The minimum absolute atomic E-state index is 0.256. The SMILES string of the molecule is Fc1ccc([C@@]2(Cn3cncn3)O[C@H]2c2cc(Cl)sc2Cl)cc1. The predicted octanol–water partition coefficient (Wildman–Crippen LogP) is 4.45. The lowest BCUT2D eigenvalue weighted by Gasteiger charge is -2.13. The molecule has 0 saturated carbocycles. The van der Waals surface area contributed by atoms with Crippen molar-refractivity contribution in [3.63, 3.8) is 0 Å². The van der Waals surface area contributed by atoms with E-state index in [0.717, 1.165) is 11.1 Å². The van der Waals surface area contributed by atoms with Crippen LogP contribution in [0.15, 0.2) is 43.0 Å². The lowest BCUT2D eigenvalue weighted by molar-refractivity contribution is 0.262. The summed E-state index contributed by atoms with van der Waals surface area (Å²) in [5.41, 5.74) is 1.04. The van der Waals surface area contributed by atoms with Crippen LogP contribution in [0.4, 0.5) is 4.39 Å². The van der Waals surface area contributed by atoms with Crippen molar-refractivity contribution < 1.29 is 9.13 Å². The number of nitrogens with zero attached hydrogens (tertiary/aromatic N) is 3. The maximum absolute atomic E-state index is 13.3. The Morgan fingerprint density at radius 2 is 2.09 bits per heavy atom. The fourth-order valence-electron chi connectivity index (χ4n) is 2.74. The molecule has 2 aromatic heterocycles. The fourth-order valence-corrected chi connectivity index (χ4v) is 4.25. The number of ether oxygens (including phenoxy) is 1. The van der Waals surface area contributed by atoms with Crippen LogP contribution in [0.2, 0.25) is 8.67 Å². The maximum atomic E-state index is 13.3. The lowest BCUT2D eigenvalue weighted by atomic mass is 9.92. The van der Waals surface area contributed by atoms with E-state index in [2.05, 4.69) is 10.1 Å². The van der Waals surface area contributed by atoms with E-state index in [4.69, 9.17) is 27.9 Å². The number of epoxide rings is 1. The van der Waals surface area contributed by atoms with Gasteiger partial charge in [0.05, 0.1) is 10.9 Å². The molecule has 0 spiro atoms. The summed E-state index contributed by atoms with van der Waals surface area (Å²) in [6.45, 7) is 0.451. The van der Waals surface area contributed by atoms with Crippen LogP contribution in [-0.4, -0.2) is 14.8 Å². The van der Waals surface area contributed by atoms with Gasteiger partial charge in [-0.05, 0) is 23.8 Å². The molecule has 1 fully saturated rings. The van der Waals surface area contributed by atoms with E-state index in [0.29, 0.717) is 15.2 Å². The summed E-state index contributed by atoms with van der Waals surface area (Å²) in [5, 5.41) is 4.14. The van der Waals surface area contributed by atoms with E-state index in [1.54, 1.807) is 23.1 Å². The van der Waals surface area contributed by atoms with Crippen molar-refractivity contribution >= 4 is 34.5 Å². The second-order valence-corrected chi connectivity index (χ2v) is 7.55. The zero-order chi connectivity index (χ0) is 16.0. The molecule has 3 heterocycles. The lowest BCUT2D eigenvalue weighted by Crippen LogP contribution is -2.19. The summed E-state index contributed by atoms with van der Waals surface area (Å²) in [6, 6.07) is 8.08. The highest BCUT2D eigenvalue weighted by atomic mass is 35.5. The zero-order valence-corrected chi connectivity index (χ0v) is 13.9. The summed E-state index contributed by atoms with van der Waals surface area (Å²) in [6.07, 6.45) is 2.82. The van der Waals surface area contributed by atoms with Crippen LogP contribution in [0, 0.1) is 5.82 Å². The van der Waals surface area contributed by atoms with Gasteiger partial charge in [0.15, 0.2) is 0 Å². The molecule has 4 rings (SSSR count). The van der Waals surface area contributed by atoms with Crippen molar-refractivity contribution in [3.05, 3.63) is 68.6 Å². The average molecular weight is 370 g/mol. The Kier molecular flexibility index (Phi) is 3.65. The fraction of sp³-hybridized carbons (Fsp3) is 0.200. The van der Waals surface area contributed by atoms with Gasteiger partial charge in [-0.3, -0.25) is 0 Å². The normalized spacial score (nSPS) is 23.2. The molecule has 0 N–H and O–H groups in total. The molecule has 3 aromatic rings. The molecule has 0 aliphatic carbocycles. The number of thiophene rings is 1. The average Bonchev–Trinajstić information content (AvgIpc) is 2.84. The number of hydrogen-bond donors (Lipinski definition) is 0. The number of benzene rings is 1. The number of halogens is 3. The number of hydrogen-bond acceptors (Lipinski definition) is 4. The van der Waals surface area contributed by atoms with Gasteiger partial charge >= 0.3 is 0 Å². The largest absolute Gasteiger partial charge is 0.354 e. The molecule has 0 bridgehead atoms. The molecule has 8 heteroatoms. The van der Waals surface area contributed by atoms with Crippen LogP contribution < -0.4 is 0 Å². The Bertz CT molecular complexity index is 837. The third-order valence-corrected chi connectivity index (χ3v) is 5.37. The quantitative estimate of drug-likeness (QED) is 0.638. The predicted molar refractivity (Wildman–Crippen MR) is 86.3 cm³/mol. The van der Waals surface area contributed by atoms with Gasteiger partial charge in [-0.15, -0.1) is 11.3 Å². The summed E-state index contributed by atoms with van der Waals surface area (Å²) in [5.74, 6) is -0.293. The van der Waals surface area contributed by atoms with E-state index in [1.807, 2.05) is 6.07 Å². The molecule has 4 nitrogen and oxygen atoms in total. The number of aromatic nitrogens is 3. The van der Waals surface area contributed by atoms with Gasteiger partial charge in [0.1, 0.15) is 34.5 Å². The van der Waals surface area contributed by atoms with Crippen LogP contribution in [0.5, 0.6) is 0 Å². The van der Waals surface area contributed by atoms with E-state index >= 15 is 0 Å². The van der Waals surface area contributed by atoms with Crippen molar-refractivity contribution in [2.45, 2.75) is 18.2 Å². The van der Waals surface area contributed by atoms with Crippen molar-refractivity contribution in [2.75, 3.05) is 0 Å². The Labute approximate surface area is 145 Å². The second kappa shape index (κ2) is 5.56. The van der Waals surface area contributed by atoms with Crippen LogP contribution in [0.3, 0.4) is 0 Å². The van der Waals surface area contributed by atoms with Crippen LogP contribution in [0.25, 0.3) is 0 Å². The first-order chi connectivity index (χ1) is 11.1. The smallest absolute Gasteiger partial charge is 0.144 e. The van der Waals surface area contributed by atoms with Crippen molar-refractivity contribution in [1.82, 2.24) is 14.8 Å². The van der Waals surface area contributed by atoms with Crippen molar-refractivity contribution in [1.29, 1.82) is 0 Å². The molecule has 0 unspecified atom stereocenters. The monoisotopic (exact) mass is 369 g/mol. The van der Waals surface area contributed by atoms with Crippen LogP contribution in [-0.2, 0) is 16.9 Å². The first-order valence-electron chi connectivity index (χ1n) is 6.79. The Morgan fingerprint density at radius 3 is 2.70 bits per heavy atom. The molecule has 2 atom stereocenters. The van der Waals surface area contributed by atoms with Crippen LogP contribution >= 0.6 is 34.5 Å². The van der Waals surface area contributed by atoms with Gasteiger partial charge in [-0.25, -0.2) is 14.1 Å². The van der Waals surface area contributed by atoms with Gasteiger partial charge in [0.2, 0.25) is 0 Å². The first kappa shape index (κ1) is 15.1. The Balaban J connectivity index is 1.74. The highest BCUT2D eigenvalue weighted by Crippen LogP contribution is 2.60. The zero-order valence-electron chi connectivity index (χ0n) is 11.6. The Hall–Kier alpha value is -1.47. The third kappa shape index (κ3) is 2.65. The molecular formula is C15H10Cl2FN3OS. The molecule has 0 amide bonds. The standard InChI is InChI=1S/C15H10Cl2FN3OS/c16-12-5-11(14(17)23-12)13-15(22-13,6-21-8-19-7-20-21)9-1-3-10(18)4-2-9/h1-5,7-8,13H,6H2/t13-,15+/m0/s1. The third-order valence-electron chi connectivity index (χ3n) is 3.86.